The molecular formula is C18H21ClFN. The van der Waals surface area contributed by atoms with E-state index in [4.69, 9.17) is 11.6 Å². The summed E-state index contributed by atoms with van der Waals surface area (Å²) in [7, 11) is 1.93. The van der Waals surface area contributed by atoms with Gasteiger partial charge in [0.25, 0.3) is 0 Å². The van der Waals surface area contributed by atoms with Crippen LogP contribution in [-0.4, -0.2) is 7.05 Å². The highest BCUT2D eigenvalue weighted by molar-refractivity contribution is 6.31. The standard InChI is InChI=1S/C18H21ClFN/c1-11-8-12(2)17(13(3)9-11)16(21-4)10-14-6-5-7-15(20)18(14)19/h5-9,16,21H,10H2,1-4H3. The Bertz CT molecular complexity index is 629. The van der Waals surface area contributed by atoms with Crippen LogP contribution in [0.3, 0.4) is 0 Å². The van der Waals surface area contributed by atoms with Crippen LogP contribution in [0.25, 0.3) is 0 Å². The van der Waals surface area contributed by atoms with E-state index in [0.717, 1.165) is 5.56 Å². The molecule has 2 rings (SSSR count). The Hall–Kier alpha value is -1.38. The number of hydrogen-bond acceptors (Lipinski definition) is 1. The summed E-state index contributed by atoms with van der Waals surface area (Å²) >= 11 is 6.08. The SMILES string of the molecule is CNC(Cc1cccc(F)c1Cl)c1c(C)cc(C)cc1C. The first-order valence-corrected chi connectivity index (χ1v) is 7.49. The zero-order valence-corrected chi connectivity index (χ0v) is 13.7. The van der Waals surface area contributed by atoms with Gasteiger partial charge in [-0.05, 0) is 62.6 Å². The second-order valence-corrected chi connectivity index (χ2v) is 5.95. The van der Waals surface area contributed by atoms with Gasteiger partial charge in [-0.2, -0.15) is 0 Å². The molecule has 112 valence electrons. The molecule has 3 heteroatoms. The Morgan fingerprint density at radius 2 is 1.76 bits per heavy atom. The van der Waals surface area contributed by atoms with Gasteiger partial charge < -0.3 is 5.32 Å². The zero-order chi connectivity index (χ0) is 15.6. The third-order valence-corrected chi connectivity index (χ3v) is 4.31. The summed E-state index contributed by atoms with van der Waals surface area (Å²) in [6.45, 7) is 6.33. The molecular weight excluding hydrogens is 285 g/mol. The van der Waals surface area contributed by atoms with Crippen molar-refractivity contribution in [1.82, 2.24) is 5.32 Å². The van der Waals surface area contributed by atoms with Crippen molar-refractivity contribution in [3.63, 3.8) is 0 Å². The number of nitrogens with one attached hydrogen (secondary N) is 1. The fourth-order valence-electron chi connectivity index (χ4n) is 3.02. The van der Waals surface area contributed by atoms with Crippen LogP contribution < -0.4 is 5.32 Å². The second-order valence-electron chi connectivity index (χ2n) is 5.57. The van der Waals surface area contributed by atoms with E-state index in [9.17, 15) is 4.39 Å². The highest BCUT2D eigenvalue weighted by Gasteiger charge is 2.17. The van der Waals surface area contributed by atoms with E-state index in [2.05, 4.69) is 38.2 Å². The normalized spacial score (nSPS) is 12.5. The largest absolute Gasteiger partial charge is 0.313 e. The summed E-state index contributed by atoms with van der Waals surface area (Å²) < 4.78 is 13.6. The lowest BCUT2D eigenvalue weighted by molar-refractivity contribution is 0.579. The molecule has 0 spiro atoms. The highest BCUT2D eigenvalue weighted by atomic mass is 35.5. The quantitative estimate of drug-likeness (QED) is 0.846. The summed E-state index contributed by atoms with van der Waals surface area (Å²) in [4.78, 5) is 0. The van der Waals surface area contributed by atoms with Crippen LogP contribution in [0.1, 0.15) is 33.9 Å². The summed E-state index contributed by atoms with van der Waals surface area (Å²) in [5, 5.41) is 3.56. The predicted octanol–water partition coefficient (Wildman–Crippen LogP) is 4.91. The van der Waals surface area contributed by atoms with Gasteiger partial charge in [-0.3, -0.25) is 0 Å². The maximum atomic E-state index is 13.6. The lowest BCUT2D eigenvalue weighted by Crippen LogP contribution is -2.21. The molecule has 0 fully saturated rings. The monoisotopic (exact) mass is 305 g/mol. The first-order valence-electron chi connectivity index (χ1n) is 7.12. The van der Waals surface area contributed by atoms with Gasteiger partial charge in [-0.1, -0.05) is 41.4 Å². The minimum absolute atomic E-state index is 0.116. The van der Waals surface area contributed by atoms with Crippen molar-refractivity contribution < 1.29 is 4.39 Å². The van der Waals surface area contributed by atoms with Gasteiger partial charge in [0.05, 0.1) is 5.02 Å². The molecule has 2 aromatic carbocycles. The third-order valence-electron chi connectivity index (χ3n) is 3.89. The molecule has 0 amide bonds. The number of hydrogen-bond donors (Lipinski definition) is 1. The highest BCUT2D eigenvalue weighted by Crippen LogP contribution is 2.29. The maximum absolute atomic E-state index is 13.6. The van der Waals surface area contributed by atoms with Gasteiger partial charge in [0.1, 0.15) is 5.82 Å². The topological polar surface area (TPSA) is 12.0 Å². The van der Waals surface area contributed by atoms with Gasteiger partial charge in [0.15, 0.2) is 0 Å². The molecule has 0 aliphatic rings. The Kier molecular flexibility index (Phi) is 5.02. The van der Waals surface area contributed by atoms with Gasteiger partial charge >= 0.3 is 0 Å². The molecule has 1 unspecified atom stereocenters. The van der Waals surface area contributed by atoms with Crippen molar-refractivity contribution in [2.75, 3.05) is 7.05 Å². The summed E-state index contributed by atoms with van der Waals surface area (Å²) in [5.41, 5.74) is 5.85. The minimum Gasteiger partial charge on any atom is -0.313 e. The van der Waals surface area contributed by atoms with Crippen LogP contribution in [0.5, 0.6) is 0 Å². The van der Waals surface area contributed by atoms with Crippen molar-refractivity contribution >= 4 is 11.6 Å². The first-order chi connectivity index (χ1) is 9.93. The fourth-order valence-corrected chi connectivity index (χ4v) is 3.22. The lowest BCUT2D eigenvalue weighted by Gasteiger charge is -2.22. The number of rotatable bonds is 4. The molecule has 2 aromatic rings. The lowest BCUT2D eigenvalue weighted by atomic mass is 9.90. The number of benzene rings is 2. The molecule has 0 radical (unpaired) electrons. The maximum Gasteiger partial charge on any atom is 0.142 e. The molecule has 1 atom stereocenters. The fraction of sp³-hybridized carbons (Fsp3) is 0.333. The average Bonchev–Trinajstić information content (AvgIpc) is 2.41. The molecule has 0 aliphatic heterocycles. The molecule has 1 N–H and O–H groups in total. The van der Waals surface area contributed by atoms with Gasteiger partial charge in [-0.25, -0.2) is 4.39 Å². The second kappa shape index (κ2) is 6.59. The Morgan fingerprint density at radius 1 is 1.14 bits per heavy atom. The average molecular weight is 306 g/mol. The van der Waals surface area contributed by atoms with E-state index >= 15 is 0 Å². The molecule has 0 bridgehead atoms. The predicted molar refractivity (Wildman–Crippen MR) is 87.6 cm³/mol. The van der Waals surface area contributed by atoms with Crippen LogP contribution in [0.2, 0.25) is 5.02 Å². The van der Waals surface area contributed by atoms with Gasteiger partial charge in [-0.15, -0.1) is 0 Å². The van der Waals surface area contributed by atoms with Crippen molar-refractivity contribution in [2.24, 2.45) is 0 Å². The zero-order valence-electron chi connectivity index (χ0n) is 12.9. The van der Waals surface area contributed by atoms with Gasteiger partial charge in [0, 0.05) is 6.04 Å². The van der Waals surface area contributed by atoms with E-state index in [1.165, 1.54) is 28.3 Å². The molecule has 0 aliphatic carbocycles. The van der Waals surface area contributed by atoms with Crippen LogP contribution in [0, 0.1) is 26.6 Å². The summed E-state index contributed by atoms with van der Waals surface area (Å²) in [6.07, 6.45) is 0.665. The third kappa shape index (κ3) is 3.45. The van der Waals surface area contributed by atoms with Crippen molar-refractivity contribution in [1.29, 1.82) is 0 Å². The Balaban J connectivity index is 2.39. The van der Waals surface area contributed by atoms with Crippen molar-refractivity contribution in [3.8, 4) is 0 Å². The van der Waals surface area contributed by atoms with E-state index in [0.29, 0.717) is 6.42 Å². The molecule has 0 aromatic heterocycles. The smallest absolute Gasteiger partial charge is 0.142 e. The van der Waals surface area contributed by atoms with Gasteiger partial charge in [0.2, 0.25) is 0 Å². The summed E-state index contributed by atoms with van der Waals surface area (Å²) in [6, 6.07) is 9.46. The molecule has 0 saturated heterocycles. The molecule has 21 heavy (non-hydrogen) atoms. The Morgan fingerprint density at radius 3 is 2.33 bits per heavy atom. The van der Waals surface area contributed by atoms with Crippen LogP contribution in [0.15, 0.2) is 30.3 Å². The van der Waals surface area contributed by atoms with Crippen LogP contribution in [-0.2, 0) is 6.42 Å². The summed E-state index contributed by atoms with van der Waals surface area (Å²) in [5.74, 6) is -0.360. The van der Waals surface area contributed by atoms with E-state index < -0.39 is 0 Å². The van der Waals surface area contributed by atoms with Crippen LogP contribution >= 0.6 is 11.6 Å². The molecule has 1 nitrogen and oxygen atoms in total. The number of likely N-dealkylation sites (N-methyl/N-ethyl adjacent to an activating group) is 1. The Labute approximate surface area is 131 Å². The molecule has 0 heterocycles. The number of aryl methyl sites for hydroxylation is 3. The van der Waals surface area contributed by atoms with E-state index in [1.54, 1.807) is 6.07 Å². The van der Waals surface area contributed by atoms with Crippen molar-refractivity contribution in [3.05, 3.63) is 69.0 Å². The minimum atomic E-state index is -0.360. The first kappa shape index (κ1) is 16.0. The molecule has 0 saturated carbocycles. The van der Waals surface area contributed by atoms with Crippen LogP contribution in [0.4, 0.5) is 4.39 Å². The van der Waals surface area contributed by atoms with Crippen molar-refractivity contribution in [2.45, 2.75) is 33.2 Å². The number of halogens is 2. The van der Waals surface area contributed by atoms with E-state index in [1.807, 2.05) is 13.1 Å². The van der Waals surface area contributed by atoms with E-state index in [-0.39, 0.29) is 16.9 Å².